The number of likely N-dealkylation sites (tertiary alicyclic amines) is 1. The fourth-order valence-electron chi connectivity index (χ4n) is 3.73. The predicted molar refractivity (Wildman–Crippen MR) is 93.0 cm³/mol. The number of rotatable bonds is 2. The molecule has 0 aromatic carbocycles. The number of carbonyl (C=O) groups is 2. The van der Waals surface area contributed by atoms with Crippen molar-refractivity contribution >= 4 is 23.2 Å². The van der Waals surface area contributed by atoms with Gasteiger partial charge in [0.25, 0.3) is 5.91 Å². The van der Waals surface area contributed by atoms with Gasteiger partial charge in [-0.1, -0.05) is 32.1 Å². The van der Waals surface area contributed by atoms with Gasteiger partial charge in [0.05, 0.1) is 6.04 Å². The zero-order valence-electron chi connectivity index (χ0n) is 14.8. The molecule has 0 spiro atoms. The van der Waals surface area contributed by atoms with E-state index < -0.39 is 0 Å². The first kappa shape index (κ1) is 17.3. The molecule has 132 valence electrons. The van der Waals surface area contributed by atoms with Crippen LogP contribution in [-0.4, -0.2) is 45.5 Å². The average Bonchev–Trinajstić information content (AvgIpc) is 3.00. The lowest BCUT2D eigenvalue weighted by Gasteiger charge is -2.47. The van der Waals surface area contributed by atoms with E-state index in [1.54, 1.807) is 6.92 Å². The van der Waals surface area contributed by atoms with Gasteiger partial charge in [-0.2, -0.15) is 0 Å². The van der Waals surface area contributed by atoms with Crippen molar-refractivity contribution in [2.75, 3.05) is 6.54 Å². The number of aromatic nitrogens is 2. The van der Waals surface area contributed by atoms with Crippen LogP contribution in [0, 0.1) is 5.92 Å². The third kappa shape index (κ3) is 3.45. The lowest BCUT2D eigenvalue weighted by molar-refractivity contribution is -0.135. The second kappa shape index (κ2) is 6.43. The van der Waals surface area contributed by atoms with Gasteiger partial charge in [-0.05, 0) is 31.6 Å². The molecule has 1 aromatic heterocycles. The monoisotopic (exact) mass is 350 g/mol. The van der Waals surface area contributed by atoms with Crippen molar-refractivity contribution in [3.05, 3.63) is 10.0 Å². The smallest absolute Gasteiger partial charge is 0.282 e. The van der Waals surface area contributed by atoms with Crippen molar-refractivity contribution in [1.82, 2.24) is 20.4 Å². The minimum Gasteiger partial charge on any atom is -0.345 e. The van der Waals surface area contributed by atoms with E-state index in [2.05, 4.69) is 36.3 Å². The summed E-state index contributed by atoms with van der Waals surface area (Å²) < 4.78 is 0. The van der Waals surface area contributed by atoms with Crippen LogP contribution in [-0.2, 0) is 10.2 Å². The quantitative estimate of drug-likeness (QED) is 0.888. The van der Waals surface area contributed by atoms with Crippen molar-refractivity contribution < 1.29 is 9.59 Å². The largest absolute Gasteiger partial charge is 0.345 e. The Balaban J connectivity index is 1.71. The third-order valence-corrected chi connectivity index (χ3v) is 6.43. The topological polar surface area (TPSA) is 75.2 Å². The molecule has 7 heteroatoms. The highest BCUT2D eigenvalue weighted by molar-refractivity contribution is 7.13. The first-order valence-electron chi connectivity index (χ1n) is 8.67. The van der Waals surface area contributed by atoms with Gasteiger partial charge in [0.15, 0.2) is 0 Å². The maximum Gasteiger partial charge on any atom is 0.282 e. The molecule has 3 unspecified atom stereocenters. The molecule has 24 heavy (non-hydrogen) atoms. The molecule has 1 saturated heterocycles. The highest BCUT2D eigenvalue weighted by Gasteiger charge is 2.40. The van der Waals surface area contributed by atoms with Crippen molar-refractivity contribution in [1.29, 1.82) is 0 Å². The molecular weight excluding hydrogens is 324 g/mol. The van der Waals surface area contributed by atoms with Gasteiger partial charge in [0, 0.05) is 24.9 Å². The summed E-state index contributed by atoms with van der Waals surface area (Å²) in [6.07, 6.45) is 4.13. The van der Waals surface area contributed by atoms with E-state index in [4.69, 9.17) is 0 Å². The fraction of sp³-hybridized carbons (Fsp3) is 0.765. The Morgan fingerprint density at radius 2 is 1.96 bits per heavy atom. The standard InChI is InChI=1S/C17H26N4O2S/c1-10(22)21-8-7-11-5-6-12(13(21)9-11)18-14(23)15-19-20-16(24-15)17(2,3)4/h11-13H,5-9H2,1-4H3,(H,18,23). The van der Waals surface area contributed by atoms with Gasteiger partial charge in [-0.3, -0.25) is 9.59 Å². The Morgan fingerprint density at radius 3 is 2.58 bits per heavy atom. The first-order valence-corrected chi connectivity index (χ1v) is 9.49. The van der Waals surface area contributed by atoms with Crippen LogP contribution in [0.3, 0.4) is 0 Å². The molecule has 3 atom stereocenters. The van der Waals surface area contributed by atoms with E-state index in [1.165, 1.54) is 11.3 Å². The molecule has 1 N–H and O–H groups in total. The molecule has 2 amide bonds. The Hall–Kier alpha value is -1.50. The highest BCUT2D eigenvalue weighted by Crippen LogP contribution is 2.35. The van der Waals surface area contributed by atoms with E-state index in [-0.39, 0.29) is 29.3 Å². The number of hydrogen-bond donors (Lipinski definition) is 1. The average molecular weight is 350 g/mol. The van der Waals surface area contributed by atoms with Crippen LogP contribution in [0.1, 0.15) is 68.2 Å². The molecule has 2 aliphatic rings. The Bertz CT molecular complexity index is 637. The SMILES string of the molecule is CC(=O)N1CCC2CCC(NC(=O)c3nnc(C(C)(C)C)s3)C1C2. The number of amides is 2. The van der Waals surface area contributed by atoms with Crippen LogP contribution in [0.5, 0.6) is 0 Å². The minimum atomic E-state index is -0.166. The predicted octanol–water partition coefficient (Wildman–Crippen LogP) is 2.35. The van der Waals surface area contributed by atoms with Gasteiger partial charge >= 0.3 is 0 Å². The van der Waals surface area contributed by atoms with Crippen molar-refractivity contribution in [3.8, 4) is 0 Å². The van der Waals surface area contributed by atoms with E-state index in [0.717, 1.165) is 37.2 Å². The number of carbonyl (C=O) groups excluding carboxylic acids is 2. The molecule has 2 fully saturated rings. The summed E-state index contributed by atoms with van der Waals surface area (Å²) in [7, 11) is 0. The third-order valence-electron chi connectivity index (χ3n) is 5.09. The molecule has 1 aromatic rings. The van der Waals surface area contributed by atoms with Crippen LogP contribution < -0.4 is 5.32 Å². The van der Waals surface area contributed by atoms with Gasteiger partial charge in [-0.25, -0.2) is 0 Å². The highest BCUT2D eigenvalue weighted by atomic mass is 32.1. The number of piperidine rings is 1. The lowest BCUT2D eigenvalue weighted by Crippen LogP contribution is -2.58. The summed E-state index contributed by atoms with van der Waals surface area (Å²) in [4.78, 5) is 26.4. The number of nitrogens with one attached hydrogen (secondary N) is 1. The Morgan fingerprint density at radius 1 is 1.21 bits per heavy atom. The van der Waals surface area contributed by atoms with Crippen LogP contribution in [0.25, 0.3) is 0 Å². The van der Waals surface area contributed by atoms with Gasteiger partial charge in [0.1, 0.15) is 5.01 Å². The molecule has 6 nitrogen and oxygen atoms in total. The van der Waals surface area contributed by atoms with E-state index >= 15 is 0 Å². The first-order chi connectivity index (χ1) is 11.3. The summed E-state index contributed by atoms with van der Waals surface area (Å²) in [6, 6.07) is 0.133. The normalized spacial score (nSPS) is 27.0. The fourth-order valence-corrected chi connectivity index (χ4v) is 4.54. The molecule has 1 aliphatic heterocycles. The molecule has 0 radical (unpaired) electrons. The second-order valence-electron chi connectivity index (χ2n) is 7.99. The molecular formula is C17H26N4O2S. The molecule has 2 bridgehead atoms. The van der Waals surface area contributed by atoms with Crippen LogP contribution in [0.2, 0.25) is 0 Å². The maximum absolute atomic E-state index is 12.6. The molecule has 3 rings (SSSR count). The summed E-state index contributed by atoms with van der Waals surface area (Å²) in [5.41, 5.74) is -0.108. The van der Waals surface area contributed by atoms with Gasteiger partial charge < -0.3 is 10.2 Å². The number of nitrogens with zero attached hydrogens (tertiary/aromatic N) is 3. The number of fused-ring (bicyclic) bond motifs is 2. The van der Waals surface area contributed by atoms with Crippen LogP contribution >= 0.6 is 11.3 Å². The number of hydrogen-bond acceptors (Lipinski definition) is 5. The molecule has 2 heterocycles. The Labute approximate surface area is 147 Å². The Kier molecular flexibility index (Phi) is 4.64. The second-order valence-corrected chi connectivity index (χ2v) is 8.97. The van der Waals surface area contributed by atoms with Gasteiger partial charge in [0.2, 0.25) is 10.9 Å². The van der Waals surface area contributed by atoms with Crippen LogP contribution in [0.15, 0.2) is 0 Å². The minimum absolute atomic E-state index is 0.0138. The zero-order valence-corrected chi connectivity index (χ0v) is 15.7. The lowest BCUT2D eigenvalue weighted by atomic mass is 9.77. The zero-order chi connectivity index (χ0) is 17.5. The van der Waals surface area contributed by atoms with Crippen LogP contribution in [0.4, 0.5) is 0 Å². The van der Waals surface area contributed by atoms with Crippen molar-refractivity contribution in [2.24, 2.45) is 5.92 Å². The van der Waals surface area contributed by atoms with Crippen molar-refractivity contribution in [2.45, 2.75) is 70.9 Å². The van der Waals surface area contributed by atoms with E-state index in [9.17, 15) is 9.59 Å². The summed E-state index contributed by atoms with van der Waals surface area (Å²) in [6.45, 7) is 8.61. The molecule has 1 saturated carbocycles. The van der Waals surface area contributed by atoms with E-state index in [0.29, 0.717) is 10.9 Å². The van der Waals surface area contributed by atoms with E-state index in [1.807, 2.05) is 4.90 Å². The summed E-state index contributed by atoms with van der Waals surface area (Å²) >= 11 is 1.35. The molecule has 1 aliphatic carbocycles. The summed E-state index contributed by atoms with van der Waals surface area (Å²) in [5, 5.41) is 12.6. The maximum atomic E-state index is 12.6. The van der Waals surface area contributed by atoms with Gasteiger partial charge in [-0.15, -0.1) is 10.2 Å². The van der Waals surface area contributed by atoms with Crippen molar-refractivity contribution in [3.63, 3.8) is 0 Å². The summed E-state index contributed by atoms with van der Waals surface area (Å²) in [5.74, 6) is 0.624.